The molecule has 0 saturated heterocycles. The summed E-state index contributed by atoms with van der Waals surface area (Å²) in [6.45, 7) is 4.00. The van der Waals surface area contributed by atoms with E-state index in [4.69, 9.17) is 10.9 Å². The Morgan fingerprint density at radius 1 is 1.38 bits per heavy atom. The lowest BCUT2D eigenvalue weighted by Gasteiger charge is -2.23. The zero-order valence-electron chi connectivity index (χ0n) is 12.0. The van der Waals surface area contributed by atoms with E-state index in [2.05, 4.69) is 39.1 Å². The summed E-state index contributed by atoms with van der Waals surface area (Å²) in [4.78, 5) is 11.0. The molecule has 0 fully saturated rings. The molecule has 3 N–H and O–H groups in total. The summed E-state index contributed by atoms with van der Waals surface area (Å²) >= 11 is 0. The maximum Gasteiger partial charge on any atom is 0.231 e. The lowest BCUT2D eigenvalue weighted by atomic mass is 10.1. The normalized spacial score (nSPS) is 17.9. The average molecular weight is 283 g/mol. The number of amidine groups is 1. The summed E-state index contributed by atoms with van der Waals surface area (Å²) in [5.74, 6) is 0.566. The number of hydrogen-bond donors (Lipinski definition) is 2. The molecule has 1 aliphatic rings. The van der Waals surface area contributed by atoms with Gasteiger partial charge < -0.3 is 15.8 Å². The van der Waals surface area contributed by atoms with Crippen molar-refractivity contribution in [1.29, 1.82) is 0 Å². The molecule has 21 heavy (non-hydrogen) atoms. The van der Waals surface area contributed by atoms with Gasteiger partial charge in [0.05, 0.1) is 0 Å². The number of aryl methyl sites for hydroxylation is 1. The van der Waals surface area contributed by atoms with Crippen LogP contribution < -0.4 is 10.6 Å². The largest absolute Gasteiger partial charge is 0.409 e. The number of fused-ring (bicyclic) bond motifs is 1. The van der Waals surface area contributed by atoms with E-state index in [9.17, 15) is 0 Å². The molecule has 0 bridgehead atoms. The maximum atomic E-state index is 8.83. The van der Waals surface area contributed by atoms with Gasteiger partial charge in [-0.25, -0.2) is 9.97 Å². The van der Waals surface area contributed by atoms with Gasteiger partial charge in [0, 0.05) is 17.4 Å². The highest BCUT2D eigenvalue weighted by Gasteiger charge is 2.29. The molecule has 1 aromatic carbocycles. The van der Waals surface area contributed by atoms with Crippen molar-refractivity contribution in [2.24, 2.45) is 10.9 Å². The highest BCUT2D eigenvalue weighted by molar-refractivity contribution is 5.95. The Morgan fingerprint density at radius 3 is 2.90 bits per heavy atom. The van der Waals surface area contributed by atoms with Crippen LogP contribution in [0.2, 0.25) is 0 Å². The fourth-order valence-corrected chi connectivity index (χ4v) is 2.71. The Kier molecular flexibility index (Phi) is 3.21. The van der Waals surface area contributed by atoms with Gasteiger partial charge in [-0.3, -0.25) is 0 Å². The molecule has 0 amide bonds. The van der Waals surface area contributed by atoms with Gasteiger partial charge in [0.1, 0.15) is 5.69 Å². The number of hydrogen-bond acceptors (Lipinski definition) is 5. The summed E-state index contributed by atoms with van der Waals surface area (Å²) in [5, 5.41) is 11.9. The highest BCUT2D eigenvalue weighted by atomic mass is 16.4. The molecule has 6 heteroatoms. The molecule has 108 valence electrons. The number of oxime groups is 1. The number of nitrogens with two attached hydrogens (primary N) is 1. The first kappa shape index (κ1) is 13.4. The van der Waals surface area contributed by atoms with Gasteiger partial charge >= 0.3 is 0 Å². The molecule has 1 aliphatic heterocycles. The van der Waals surface area contributed by atoms with Crippen LogP contribution >= 0.6 is 0 Å². The zero-order valence-corrected chi connectivity index (χ0v) is 12.0. The third-order valence-corrected chi connectivity index (χ3v) is 3.64. The molecule has 2 heterocycles. The van der Waals surface area contributed by atoms with E-state index >= 15 is 0 Å². The van der Waals surface area contributed by atoms with Crippen LogP contribution in [0, 0.1) is 6.92 Å². The molecule has 1 unspecified atom stereocenters. The van der Waals surface area contributed by atoms with Crippen LogP contribution in [-0.4, -0.2) is 27.1 Å². The number of nitrogens with zero attached hydrogens (tertiary/aromatic N) is 4. The van der Waals surface area contributed by atoms with Gasteiger partial charge in [0.15, 0.2) is 5.84 Å². The number of benzene rings is 1. The summed E-state index contributed by atoms with van der Waals surface area (Å²) in [6, 6.07) is 10.2. The van der Waals surface area contributed by atoms with Gasteiger partial charge in [-0.15, -0.1) is 0 Å². The fourth-order valence-electron chi connectivity index (χ4n) is 2.71. The molecule has 3 rings (SSSR count). The van der Waals surface area contributed by atoms with Crippen molar-refractivity contribution >= 4 is 17.5 Å². The minimum absolute atomic E-state index is 0.0121. The van der Waals surface area contributed by atoms with E-state index in [0.717, 1.165) is 17.8 Å². The number of para-hydroxylation sites is 1. The van der Waals surface area contributed by atoms with Crippen molar-refractivity contribution in [3.63, 3.8) is 0 Å². The van der Waals surface area contributed by atoms with E-state index < -0.39 is 0 Å². The average Bonchev–Trinajstić information content (AvgIpc) is 2.81. The minimum Gasteiger partial charge on any atom is -0.409 e. The summed E-state index contributed by atoms with van der Waals surface area (Å²) in [7, 11) is 0. The van der Waals surface area contributed by atoms with Gasteiger partial charge in [-0.2, -0.15) is 0 Å². The first-order valence-corrected chi connectivity index (χ1v) is 6.81. The second-order valence-electron chi connectivity index (χ2n) is 5.23. The summed E-state index contributed by atoms with van der Waals surface area (Å²) < 4.78 is 0. The quantitative estimate of drug-likeness (QED) is 0.381. The van der Waals surface area contributed by atoms with E-state index in [-0.39, 0.29) is 11.9 Å². The Bertz CT molecular complexity index is 713. The molecule has 2 aromatic rings. The second-order valence-corrected chi connectivity index (χ2v) is 5.23. The van der Waals surface area contributed by atoms with Crippen molar-refractivity contribution in [2.45, 2.75) is 26.3 Å². The second kappa shape index (κ2) is 5.05. The van der Waals surface area contributed by atoms with Crippen LogP contribution in [0.4, 0.5) is 11.6 Å². The molecule has 6 nitrogen and oxygen atoms in total. The lowest BCUT2D eigenvalue weighted by molar-refractivity contribution is 0.318. The summed E-state index contributed by atoms with van der Waals surface area (Å²) in [6.07, 6.45) is 0.951. The molecule has 1 atom stereocenters. The lowest BCUT2D eigenvalue weighted by Crippen LogP contribution is -2.27. The Morgan fingerprint density at radius 2 is 2.14 bits per heavy atom. The van der Waals surface area contributed by atoms with Crippen LogP contribution in [0.25, 0.3) is 0 Å². The number of aromatic nitrogens is 2. The fraction of sp³-hybridized carbons (Fsp3) is 0.267. The number of rotatable bonds is 2. The SMILES string of the molecule is Cc1cc(/C(N)=N/O)nc(N2c3ccccc3CC2C)n1. The predicted molar refractivity (Wildman–Crippen MR) is 81.0 cm³/mol. The molecular formula is C15H17N5O. The van der Waals surface area contributed by atoms with Crippen LogP contribution in [0.1, 0.15) is 23.9 Å². The third-order valence-electron chi connectivity index (χ3n) is 3.64. The van der Waals surface area contributed by atoms with E-state index in [0.29, 0.717) is 11.6 Å². The monoisotopic (exact) mass is 283 g/mol. The molecule has 0 spiro atoms. The van der Waals surface area contributed by atoms with Gasteiger partial charge in [-0.05, 0) is 38.0 Å². The number of anilines is 2. The van der Waals surface area contributed by atoms with E-state index in [1.54, 1.807) is 6.07 Å². The third kappa shape index (κ3) is 2.29. The van der Waals surface area contributed by atoms with E-state index in [1.165, 1.54) is 5.56 Å². The molecule has 0 aliphatic carbocycles. The van der Waals surface area contributed by atoms with Crippen molar-refractivity contribution in [1.82, 2.24) is 9.97 Å². The first-order chi connectivity index (χ1) is 10.1. The zero-order chi connectivity index (χ0) is 15.0. The minimum atomic E-state index is -0.0121. The molecular weight excluding hydrogens is 266 g/mol. The van der Waals surface area contributed by atoms with Crippen molar-refractivity contribution in [2.75, 3.05) is 4.90 Å². The van der Waals surface area contributed by atoms with Crippen LogP contribution in [0.5, 0.6) is 0 Å². The molecule has 0 saturated carbocycles. The predicted octanol–water partition coefficient (Wildman–Crippen LogP) is 1.96. The molecule has 1 aromatic heterocycles. The Labute approximate surface area is 122 Å². The summed E-state index contributed by atoms with van der Waals surface area (Å²) in [5.41, 5.74) is 9.24. The van der Waals surface area contributed by atoms with Gasteiger partial charge in [0.2, 0.25) is 5.95 Å². The van der Waals surface area contributed by atoms with Crippen molar-refractivity contribution in [3.8, 4) is 0 Å². The first-order valence-electron chi connectivity index (χ1n) is 6.81. The van der Waals surface area contributed by atoms with Gasteiger partial charge in [0.25, 0.3) is 0 Å². The van der Waals surface area contributed by atoms with Crippen LogP contribution in [0.3, 0.4) is 0 Å². The maximum absolute atomic E-state index is 8.83. The van der Waals surface area contributed by atoms with E-state index in [1.807, 2.05) is 19.1 Å². The Hall–Kier alpha value is -2.63. The van der Waals surface area contributed by atoms with Crippen LogP contribution in [-0.2, 0) is 6.42 Å². The van der Waals surface area contributed by atoms with Gasteiger partial charge in [-0.1, -0.05) is 23.4 Å². The standard InChI is InChI=1S/C15H17N5O/c1-9-7-12(14(16)19-21)18-15(17-9)20-10(2)8-11-5-3-4-6-13(11)20/h3-7,10,21H,8H2,1-2H3,(H2,16,19). The Balaban J connectivity index is 2.11. The highest BCUT2D eigenvalue weighted by Crippen LogP contribution is 2.36. The van der Waals surface area contributed by atoms with Crippen LogP contribution in [0.15, 0.2) is 35.5 Å². The van der Waals surface area contributed by atoms with Crippen molar-refractivity contribution < 1.29 is 5.21 Å². The molecule has 0 radical (unpaired) electrons. The van der Waals surface area contributed by atoms with Crippen molar-refractivity contribution in [3.05, 3.63) is 47.3 Å². The topological polar surface area (TPSA) is 87.6 Å². The smallest absolute Gasteiger partial charge is 0.231 e.